The molecular formula is C15H23NO2. The van der Waals surface area contributed by atoms with Gasteiger partial charge in [-0.05, 0) is 38.1 Å². The summed E-state index contributed by atoms with van der Waals surface area (Å²) in [6.07, 6.45) is 2.52. The standard InChI is InChI=1S/C15H23NO2/c1-3-9-16(10-4-2)11-13-12-17-14-7-5-6-8-15(14)18-13/h5-8,13H,3-4,9-12H2,1-2H3. The van der Waals surface area contributed by atoms with Gasteiger partial charge in [0.2, 0.25) is 0 Å². The van der Waals surface area contributed by atoms with Crippen molar-refractivity contribution in [3.63, 3.8) is 0 Å². The van der Waals surface area contributed by atoms with Crippen molar-refractivity contribution in [2.45, 2.75) is 32.8 Å². The van der Waals surface area contributed by atoms with E-state index in [0.29, 0.717) is 6.61 Å². The number of hydrogen-bond donors (Lipinski definition) is 0. The first kappa shape index (κ1) is 13.2. The second-order valence-electron chi connectivity index (χ2n) is 4.80. The number of fused-ring (bicyclic) bond motifs is 1. The zero-order valence-electron chi connectivity index (χ0n) is 11.4. The fraction of sp³-hybridized carbons (Fsp3) is 0.600. The van der Waals surface area contributed by atoms with Crippen LogP contribution in [-0.2, 0) is 0 Å². The van der Waals surface area contributed by atoms with E-state index in [0.717, 1.165) is 31.1 Å². The van der Waals surface area contributed by atoms with Crippen LogP contribution in [-0.4, -0.2) is 37.2 Å². The molecule has 3 nitrogen and oxygen atoms in total. The van der Waals surface area contributed by atoms with Crippen LogP contribution in [0.4, 0.5) is 0 Å². The van der Waals surface area contributed by atoms with Gasteiger partial charge >= 0.3 is 0 Å². The third-order valence-corrected chi connectivity index (χ3v) is 3.11. The van der Waals surface area contributed by atoms with Gasteiger partial charge in [-0.3, -0.25) is 4.90 Å². The lowest BCUT2D eigenvalue weighted by molar-refractivity contribution is 0.0586. The summed E-state index contributed by atoms with van der Waals surface area (Å²) >= 11 is 0. The van der Waals surface area contributed by atoms with Gasteiger partial charge in [0.25, 0.3) is 0 Å². The molecule has 1 aliphatic heterocycles. The highest BCUT2D eigenvalue weighted by Crippen LogP contribution is 2.30. The van der Waals surface area contributed by atoms with Gasteiger partial charge in [0, 0.05) is 6.54 Å². The van der Waals surface area contributed by atoms with E-state index in [1.54, 1.807) is 0 Å². The van der Waals surface area contributed by atoms with Gasteiger partial charge in [0.05, 0.1) is 0 Å². The van der Waals surface area contributed by atoms with Gasteiger partial charge in [-0.25, -0.2) is 0 Å². The quantitative estimate of drug-likeness (QED) is 0.773. The van der Waals surface area contributed by atoms with Crippen molar-refractivity contribution in [1.29, 1.82) is 0 Å². The van der Waals surface area contributed by atoms with E-state index in [2.05, 4.69) is 18.7 Å². The number of ether oxygens (including phenoxy) is 2. The van der Waals surface area contributed by atoms with Crippen LogP contribution in [0.25, 0.3) is 0 Å². The second-order valence-corrected chi connectivity index (χ2v) is 4.80. The molecule has 0 saturated carbocycles. The smallest absolute Gasteiger partial charge is 0.161 e. The van der Waals surface area contributed by atoms with Crippen LogP contribution in [0.15, 0.2) is 24.3 Å². The molecule has 2 rings (SSSR count). The van der Waals surface area contributed by atoms with Crippen molar-refractivity contribution >= 4 is 0 Å². The average molecular weight is 249 g/mol. The summed E-state index contributed by atoms with van der Waals surface area (Å²) in [5, 5.41) is 0. The summed E-state index contributed by atoms with van der Waals surface area (Å²) in [7, 11) is 0. The van der Waals surface area contributed by atoms with Crippen LogP contribution >= 0.6 is 0 Å². The van der Waals surface area contributed by atoms with E-state index in [1.807, 2.05) is 24.3 Å². The van der Waals surface area contributed by atoms with Crippen molar-refractivity contribution in [1.82, 2.24) is 4.90 Å². The number of benzene rings is 1. The van der Waals surface area contributed by atoms with Gasteiger partial charge in [0.1, 0.15) is 12.7 Å². The summed E-state index contributed by atoms with van der Waals surface area (Å²) < 4.78 is 11.7. The fourth-order valence-corrected chi connectivity index (χ4v) is 2.37. The Morgan fingerprint density at radius 2 is 1.78 bits per heavy atom. The van der Waals surface area contributed by atoms with Crippen molar-refractivity contribution < 1.29 is 9.47 Å². The van der Waals surface area contributed by atoms with E-state index >= 15 is 0 Å². The SMILES string of the molecule is CCCN(CCC)CC1COc2ccccc2O1. The van der Waals surface area contributed by atoms with Crippen LogP contribution in [0.2, 0.25) is 0 Å². The van der Waals surface area contributed by atoms with Crippen molar-refractivity contribution in [3.05, 3.63) is 24.3 Å². The van der Waals surface area contributed by atoms with Crippen molar-refractivity contribution in [2.75, 3.05) is 26.2 Å². The zero-order chi connectivity index (χ0) is 12.8. The average Bonchev–Trinajstić information content (AvgIpc) is 2.39. The minimum atomic E-state index is 0.151. The van der Waals surface area contributed by atoms with Crippen molar-refractivity contribution in [3.8, 4) is 11.5 Å². The normalized spacial score (nSPS) is 18.1. The molecule has 1 aromatic carbocycles. The highest BCUT2D eigenvalue weighted by molar-refractivity contribution is 5.40. The summed E-state index contributed by atoms with van der Waals surface area (Å²) in [4.78, 5) is 2.46. The lowest BCUT2D eigenvalue weighted by Crippen LogP contribution is -2.41. The van der Waals surface area contributed by atoms with Crippen LogP contribution < -0.4 is 9.47 Å². The Morgan fingerprint density at radius 3 is 2.44 bits per heavy atom. The molecule has 1 atom stereocenters. The second kappa shape index (κ2) is 6.64. The molecule has 18 heavy (non-hydrogen) atoms. The largest absolute Gasteiger partial charge is 0.486 e. The Morgan fingerprint density at radius 1 is 1.11 bits per heavy atom. The Balaban J connectivity index is 1.91. The van der Waals surface area contributed by atoms with E-state index < -0.39 is 0 Å². The molecule has 0 spiro atoms. The third-order valence-electron chi connectivity index (χ3n) is 3.11. The molecular weight excluding hydrogens is 226 g/mol. The molecule has 1 unspecified atom stereocenters. The summed E-state index contributed by atoms with van der Waals surface area (Å²) in [6.45, 7) is 8.31. The molecule has 0 aromatic heterocycles. The fourth-order valence-electron chi connectivity index (χ4n) is 2.37. The van der Waals surface area contributed by atoms with E-state index in [-0.39, 0.29) is 6.10 Å². The topological polar surface area (TPSA) is 21.7 Å². The third kappa shape index (κ3) is 3.39. The molecule has 0 aliphatic carbocycles. The Kier molecular flexibility index (Phi) is 4.88. The van der Waals surface area contributed by atoms with Gasteiger partial charge < -0.3 is 9.47 Å². The summed E-state index contributed by atoms with van der Waals surface area (Å²) in [5.74, 6) is 1.74. The molecule has 0 fully saturated rings. The Labute approximate surface area is 110 Å². The van der Waals surface area contributed by atoms with Crippen molar-refractivity contribution in [2.24, 2.45) is 0 Å². The highest BCUT2D eigenvalue weighted by Gasteiger charge is 2.22. The minimum Gasteiger partial charge on any atom is -0.486 e. The minimum absolute atomic E-state index is 0.151. The predicted octanol–water partition coefficient (Wildman–Crippen LogP) is 2.95. The molecule has 0 amide bonds. The van der Waals surface area contributed by atoms with Crippen LogP contribution in [0.1, 0.15) is 26.7 Å². The predicted molar refractivity (Wildman–Crippen MR) is 73.4 cm³/mol. The maximum atomic E-state index is 5.99. The first-order valence-electron chi connectivity index (χ1n) is 6.94. The number of nitrogens with zero attached hydrogens (tertiary/aromatic N) is 1. The molecule has 1 heterocycles. The van der Waals surface area contributed by atoms with E-state index in [1.165, 1.54) is 12.8 Å². The summed E-state index contributed by atoms with van der Waals surface area (Å²) in [5.41, 5.74) is 0. The van der Waals surface area contributed by atoms with Gasteiger partial charge in [-0.15, -0.1) is 0 Å². The first-order chi connectivity index (χ1) is 8.83. The molecule has 3 heteroatoms. The monoisotopic (exact) mass is 249 g/mol. The lowest BCUT2D eigenvalue weighted by Gasteiger charge is -2.31. The zero-order valence-corrected chi connectivity index (χ0v) is 11.4. The van der Waals surface area contributed by atoms with Crippen LogP contribution in [0.5, 0.6) is 11.5 Å². The molecule has 0 bridgehead atoms. The maximum absolute atomic E-state index is 5.99. The van der Waals surface area contributed by atoms with Gasteiger partial charge in [0.15, 0.2) is 11.5 Å². The molecule has 0 N–H and O–H groups in total. The Hall–Kier alpha value is -1.22. The molecule has 1 aromatic rings. The first-order valence-corrected chi connectivity index (χ1v) is 6.94. The number of hydrogen-bond acceptors (Lipinski definition) is 3. The Bertz CT molecular complexity index is 361. The molecule has 1 aliphatic rings. The van der Waals surface area contributed by atoms with Crippen LogP contribution in [0.3, 0.4) is 0 Å². The summed E-state index contributed by atoms with van der Waals surface area (Å²) in [6, 6.07) is 7.90. The van der Waals surface area contributed by atoms with Gasteiger partial charge in [-0.1, -0.05) is 26.0 Å². The highest BCUT2D eigenvalue weighted by atomic mass is 16.6. The lowest BCUT2D eigenvalue weighted by atomic mass is 10.2. The van der Waals surface area contributed by atoms with Gasteiger partial charge in [-0.2, -0.15) is 0 Å². The number of rotatable bonds is 6. The number of para-hydroxylation sites is 2. The molecule has 0 radical (unpaired) electrons. The van der Waals surface area contributed by atoms with Crippen LogP contribution in [0, 0.1) is 0 Å². The van der Waals surface area contributed by atoms with E-state index in [4.69, 9.17) is 9.47 Å². The molecule has 0 saturated heterocycles. The van der Waals surface area contributed by atoms with E-state index in [9.17, 15) is 0 Å². The molecule has 100 valence electrons. The maximum Gasteiger partial charge on any atom is 0.161 e.